The summed E-state index contributed by atoms with van der Waals surface area (Å²) in [5, 5.41) is 19.8. The number of hydrogen-bond acceptors (Lipinski definition) is 6. The maximum Gasteiger partial charge on any atom is 0.283 e. The topological polar surface area (TPSA) is 130 Å². The molecule has 0 aromatic heterocycles. The molecule has 22 heavy (non-hydrogen) atoms. The highest BCUT2D eigenvalue weighted by Crippen LogP contribution is 2.26. The van der Waals surface area contributed by atoms with Gasteiger partial charge in [-0.2, -0.15) is 0 Å². The van der Waals surface area contributed by atoms with Crippen LogP contribution in [-0.4, -0.2) is 56.5 Å². The molecule has 0 radical (unpaired) electrons. The van der Waals surface area contributed by atoms with Crippen molar-refractivity contribution in [3.05, 3.63) is 33.9 Å². The summed E-state index contributed by atoms with van der Waals surface area (Å²) in [6.45, 7) is -0.252. The molecule has 0 aliphatic carbocycles. The maximum absolute atomic E-state index is 12.2. The molecule has 0 aliphatic rings. The second kappa shape index (κ2) is 7.29. The van der Waals surface area contributed by atoms with E-state index in [0.29, 0.717) is 0 Å². The van der Waals surface area contributed by atoms with Crippen molar-refractivity contribution in [2.75, 3.05) is 27.2 Å². The van der Waals surface area contributed by atoms with Gasteiger partial charge in [-0.15, -0.1) is 0 Å². The highest BCUT2D eigenvalue weighted by molar-refractivity contribution is 7.89. The number of carbonyl (C=O) groups excluding carboxylic acids is 1. The number of nitrogens with one attached hydrogen (secondary N) is 1. The molecule has 9 nitrogen and oxygen atoms in total. The first-order chi connectivity index (χ1) is 10.2. The van der Waals surface area contributed by atoms with Crippen LogP contribution in [0.2, 0.25) is 0 Å². The molecule has 0 spiro atoms. The predicted octanol–water partition coefficient (Wildman–Crippen LogP) is -0.0427. The second-order valence-corrected chi connectivity index (χ2v) is 6.32. The van der Waals surface area contributed by atoms with E-state index < -0.39 is 37.0 Å². The third-order valence-electron chi connectivity index (χ3n) is 2.74. The monoisotopic (exact) mass is 331 g/mol. The molecule has 0 heterocycles. The Morgan fingerprint density at radius 2 is 2.05 bits per heavy atom. The minimum Gasteiger partial charge on any atom is -0.396 e. The van der Waals surface area contributed by atoms with E-state index in [0.717, 1.165) is 17.0 Å². The van der Waals surface area contributed by atoms with E-state index in [4.69, 9.17) is 5.11 Å². The predicted molar refractivity (Wildman–Crippen MR) is 78.0 cm³/mol. The van der Waals surface area contributed by atoms with Gasteiger partial charge in [0.2, 0.25) is 10.0 Å². The fourth-order valence-electron chi connectivity index (χ4n) is 1.70. The first-order valence-electron chi connectivity index (χ1n) is 6.32. The van der Waals surface area contributed by atoms with E-state index in [-0.39, 0.29) is 19.6 Å². The molecular weight excluding hydrogens is 314 g/mol. The first kappa shape index (κ1) is 18.0. The van der Waals surface area contributed by atoms with Gasteiger partial charge in [0.15, 0.2) is 0 Å². The number of benzene rings is 1. The zero-order chi connectivity index (χ0) is 16.9. The van der Waals surface area contributed by atoms with E-state index in [1.165, 1.54) is 20.2 Å². The summed E-state index contributed by atoms with van der Waals surface area (Å²) in [7, 11) is -1.37. The van der Waals surface area contributed by atoms with Crippen LogP contribution in [0.3, 0.4) is 0 Å². The van der Waals surface area contributed by atoms with Crippen LogP contribution in [0.15, 0.2) is 23.1 Å². The number of nitro groups is 1. The molecule has 10 heteroatoms. The lowest BCUT2D eigenvalue weighted by Gasteiger charge is -2.14. The normalized spacial score (nSPS) is 11.2. The van der Waals surface area contributed by atoms with Crippen molar-refractivity contribution in [1.82, 2.24) is 9.62 Å². The first-order valence-corrected chi connectivity index (χ1v) is 7.80. The lowest BCUT2D eigenvalue weighted by molar-refractivity contribution is -0.385. The van der Waals surface area contributed by atoms with Gasteiger partial charge in [0, 0.05) is 33.3 Å². The number of nitro benzene ring substituents is 1. The molecule has 0 bridgehead atoms. The Hall–Kier alpha value is -2.04. The van der Waals surface area contributed by atoms with Crippen LogP contribution in [0.5, 0.6) is 0 Å². The summed E-state index contributed by atoms with van der Waals surface area (Å²) in [6, 6.07) is 3.40. The Bertz CT molecular complexity index is 671. The number of nitrogens with zero attached hydrogens (tertiary/aromatic N) is 2. The van der Waals surface area contributed by atoms with E-state index >= 15 is 0 Å². The van der Waals surface area contributed by atoms with Gasteiger partial charge in [0.25, 0.3) is 11.6 Å². The smallest absolute Gasteiger partial charge is 0.283 e. The quantitative estimate of drug-likeness (QED) is 0.409. The highest BCUT2D eigenvalue weighted by Gasteiger charge is 2.31. The molecular formula is C12H17N3O6S. The van der Waals surface area contributed by atoms with Crippen molar-refractivity contribution in [3.8, 4) is 0 Å². The van der Waals surface area contributed by atoms with E-state index in [1.54, 1.807) is 0 Å². The zero-order valence-corrected chi connectivity index (χ0v) is 13.0. The maximum atomic E-state index is 12.2. The van der Waals surface area contributed by atoms with Crippen molar-refractivity contribution < 1.29 is 23.2 Å². The number of amides is 1. The molecule has 0 aliphatic heterocycles. The number of aliphatic hydroxyl groups excluding tert-OH is 1. The van der Waals surface area contributed by atoms with Gasteiger partial charge >= 0.3 is 0 Å². The Morgan fingerprint density at radius 3 is 2.55 bits per heavy atom. The Balaban J connectivity index is 3.44. The van der Waals surface area contributed by atoms with Crippen LogP contribution in [-0.2, 0) is 10.0 Å². The summed E-state index contributed by atoms with van der Waals surface area (Å²) < 4.78 is 26.7. The third-order valence-corrected chi connectivity index (χ3v) is 4.24. The van der Waals surface area contributed by atoms with Crippen LogP contribution in [0.4, 0.5) is 5.69 Å². The van der Waals surface area contributed by atoms with Gasteiger partial charge in [-0.05, 0) is 12.5 Å². The fraction of sp³-hybridized carbons (Fsp3) is 0.417. The average molecular weight is 331 g/mol. The van der Waals surface area contributed by atoms with Crippen molar-refractivity contribution in [2.45, 2.75) is 11.3 Å². The molecule has 0 saturated heterocycles. The molecule has 1 aromatic rings. The number of sulfonamides is 1. The van der Waals surface area contributed by atoms with Crippen LogP contribution in [0.1, 0.15) is 16.8 Å². The largest absolute Gasteiger partial charge is 0.396 e. The fourth-order valence-corrected chi connectivity index (χ4v) is 2.98. The van der Waals surface area contributed by atoms with Crippen molar-refractivity contribution in [3.63, 3.8) is 0 Å². The molecule has 0 fully saturated rings. The summed E-state index contributed by atoms with van der Waals surface area (Å²) in [6.07, 6.45) is 0.186. The molecule has 0 unspecified atom stereocenters. The van der Waals surface area contributed by atoms with E-state index in [2.05, 4.69) is 4.72 Å². The molecule has 1 rings (SSSR count). The molecule has 1 aromatic carbocycles. The summed E-state index contributed by atoms with van der Waals surface area (Å²) in [5.74, 6) is -0.783. The van der Waals surface area contributed by atoms with Crippen molar-refractivity contribution in [1.29, 1.82) is 0 Å². The van der Waals surface area contributed by atoms with Gasteiger partial charge in [-0.3, -0.25) is 14.9 Å². The second-order valence-electron chi connectivity index (χ2n) is 4.58. The van der Waals surface area contributed by atoms with E-state index in [1.807, 2.05) is 0 Å². The number of hydrogen-bond donors (Lipinski definition) is 2. The third kappa shape index (κ3) is 4.00. The van der Waals surface area contributed by atoms with Gasteiger partial charge in [0.05, 0.1) is 4.92 Å². The molecule has 1 amide bonds. The van der Waals surface area contributed by atoms with Crippen LogP contribution in [0, 0.1) is 10.1 Å². The van der Waals surface area contributed by atoms with Gasteiger partial charge < -0.3 is 10.0 Å². The van der Waals surface area contributed by atoms with Gasteiger partial charge in [0.1, 0.15) is 10.5 Å². The summed E-state index contributed by atoms with van der Waals surface area (Å²) in [5.41, 5.74) is -1.07. The molecule has 2 N–H and O–H groups in total. The summed E-state index contributed by atoms with van der Waals surface area (Å²) >= 11 is 0. The number of aliphatic hydroxyl groups is 1. The molecule has 122 valence electrons. The van der Waals surface area contributed by atoms with Crippen molar-refractivity contribution in [2.24, 2.45) is 0 Å². The minimum absolute atomic E-state index is 0.0445. The van der Waals surface area contributed by atoms with Crippen LogP contribution in [0.25, 0.3) is 0 Å². The zero-order valence-electron chi connectivity index (χ0n) is 12.1. The Morgan fingerprint density at radius 1 is 1.41 bits per heavy atom. The molecule has 0 saturated carbocycles. The van der Waals surface area contributed by atoms with Gasteiger partial charge in [-0.25, -0.2) is 13.1 Å². The standard InChI is InChI=1S/C12H17N3O6S/c1-14(2)12(17)11-9(15(18)19)5-3-6-10(11)22(20,21)13-7-4-8-16/h3,5-6,13,16H,4,7-8H2,1-2H3. The molecule has 0 atom stereocenters. The lowest BCUT2D eigenvalue weighted by atomic mass is 10.1. The summed E-state index contributed by atoms with van der Waals surface area (Å²) in [4.78, 5) is 23.0. The Labute approximate surface area is 127 Å². The SMILES string of the molecule is CN(C)C(=O)c1c([N+](=O)[O-])cccc1S(=O)(=O)NCCCO. The van der Waals surface area contributed by atoms with Gasteiger partial charge in [-0.1, -0.05) is 6.07 Å². The highest BCUT2D eigenvalue weighted by atomic mass is 32.2. The van der Waals surface area contributed by atoms with Crippen LogP contribution < -0.4 is 4.72 Å². The van der Waals surface area contributed by atoms with Crippen molar-refractivity contribution >= 4 is 21.6 Å². The lowest BCUT2D eigenvalue weighted by Crippen LogP contribution is -2.30. The number of carbonyl (C=O) groups is 1. The van der Waals surface area contributed by atoms with E-state index in [9.17, 15) is 23.3 Å². The Kier molecular flexibility index (Phi) is 5.97. The minimum atomic E-state index is -4.11. The number of rotatable bonds is 7. The average Bonchev–Trinajstić information content (AvgIpc) is 2.45. The van der Waals surface area contributed by atoms with Crippen LogP contribution >= 0.6 is 0 Å².